The average molecular weight is 230 g/mol. The van der Waals surface area contributed by atoms with Crippen molar-refractivity contribution in [2.24, 2.45) is 5.92 Å². The van der Waals surface area contributed by atoms with Crippen LogP contribution in [0, 0.1) is 5.92 Å². The van der Waals surface area contributed by atoms with Gasteiger partial charge >= 0.3 is 0 Å². The van der Waals surface area contributed by atoms with E-state index in [0.717, 1.165) is 5.56 Å². The topological polar surface area (TPSA) is 66.8 Å². The molecule has 0 spiro atoms. The van der Waals surface area contributed by atoms with Gasteiger partial charge in [0, 0.05) is 6.08 Å². The summed E-state index contributed by atoms with van der Waals surface area (Å²) in [5.74, 6) is -0.946. The highest BCUT2D eigenvalue weighted by Gasteiger charge is 2.37. The van der Waals surface area contributed by atoms with Crippen LogP contribution in [0.25, 0.3) is 0 Å². The fourth-order valence-corrected chi connectivity index (χ4v) is 2.14. The summed E-state index contributed by atoms with van der Waals surface area (Å²) in [4.78, 5) is 11.8. The minimum atomic E-state index is -0.582. The fraction of sp³-hybridized carbons (Fsp3) is 0.154. The van der Waals surface area contributed by atoms with Gasteiger partial charge in [0.1, 0.15) is 11.5 Å². The van der Waals surface area contributed by atoms with Crippen molar-refractivity contribution in [3.8, 4) is 5.75 Å². The molecule has 4 nitrogen and oxygen atoms in total. The molecule has 0 aromatic heterocycles. The first-order valence-corrected chi connectivity index (χ1v) is 5.30. The summed E-state index contributed by atoms with van der Waals surface area (Å²) in [6.45, 7) is 0. The van der Waals surface area contributed by atoms with Gasteiger partial charge in [-0.05, 0) is 18.1 Å². The zero-order valence-corrected chi connectivity index (χ0v) is 8.88. The summed E-state index contributed by atoms with van der Waals surface area (Å²) < 4.78 is 5.56. The third-order valence-corrected chi connectivity index (χ3v) is 3.04. The van der Waals surface area contributed by atoms with Gasteiger partial charge in [-0.1, -0.05) is 18.2 Å². The highest BCUT2D eigenvalue weighted by molar-refractivity contribution is 5.99. The van der Waals surface area contributed by atoms with Crippen molar-refractivity contribution in [3.63, 3.8) is 0 Å². The molecule has 0 saturated carbocycles. The summed E-state index contributed by atoms with van der Waals surface area (Å²) in [7, 11) is 0. The molecule has 1 atom stereocenters. The molecule has 0 amide bonds. The number of ketones is 1. The Hall–Kier alpha value is -2.23. The fourth-order valence-electron chi connectivity index (χ4n) is 2.14. The number of carbonyl (C=O) groups is 1. The molecule has 86 valence electrons. The second kappa shape index (κ2) is 3.38. The second-order valence-electron chi connectivity index (χ2n) is 4.11. The quantitative estimate of drug-likeness (QED) is 0.715. The Morgan fingerprint density at radius 2 is 2.00 bits per heavy atom. The number of fused-ring (bicyclic) bond motifs is 2. The molecule has 1 aliphatic carbocycles. The highest BCUT2D eigenvalue weighted by atomic mass is 16.5. The molecule has 0 radical (unpaired) electrons. The first kappa shape index (κ1) is 9.96. The third kappa shape index (κ3) is 1.41. The van der Waals surface area contributed by atoms with Gasteiger partial charge in [0.05, 0.1) is 5.92 Å². The number of aliphatic hydroxyl groups is 2. The number of Topliss-reactive ketones (excluding diaryl/α,β-unsaturated/α-hetero) is 1. The summed E-state index contributed by atoms with van der Waals surface area (Å²) in [6.07, 6.45) is 1.79. The maximum Gasteiger partial charge on any atom is 0.211 e. The van der Waals surface area contributed by atoms with Crippen molar-refractivity contribution in [1.82, 2.24) is 0 Å². The van der Waals surface area contributed by atoms with E-state index in [-0.39, 0.29) is 0 Å². The van der Waals surface area contributed by atoms with Crippen LogP contribution in [0.2, 0.25) is 0 Å². The number of carbonyl (C=O) groups excluding carboxylic acids is 1. The molecule has 1 aliphatic heterocycles. The number of hydrogen-bond acceptors (Lipinski definition) is 4. The van der Waals surface area contributed by atoms with E-state index in [1.807, 2.05) is 24.3 Å². The van der Waals surface area contributed by atoms with E-state index in [1.54, 1.807) is 0 Å². The van der Waals surface area contributed by atoms with E-state index < -0.39 is 23.2 Å². The van der Waals surface area contributed by atoms with Crippen LogP contribution >= 0.6 is 0 Å². The second-order valence-corrected chi connectivity index (χ2v) is 4.11. The lowest BCUT2D eigenvalue weighted by Gasteiger charge is -2.28. The van der Waals surface area contributed by atoms with E-state index in [9.17, 15) is 15.0 Å². The van der Waals surface area contributed by atoms with Gasteiger partial charge in [-0.25, -0.2) is 0 Å². The normalized spacial score (nSPS) is 22.5. The largest absolute Gasteiger partial charge is 0.504 e. The summed E-state index contributed by atoms with van der Waals surface area (Å²) in [5, 5.41) is 18.8. The smallest absolute Gasteiger partial charge is 0.211 e. The SMILES string of the molecule is O=C1C(O)=C(O)C=C2Oc3ccccc3CC12. The van der Waals surface area contributed by atoms with Crippen molar-refractivity contribution >= 4 is 5.78 Å². The van der Waals surface area contributed by atoms with Gasteiger partial charge < -0.3 is 14.9 Å². The predicted octanol–water partition coefficient (Wildman–Crippen LogP) is 2.03. The third-order valence-electron chi connectivity index (χ3n) is 3.04. The Morgan fingerprint density at radius 3 is 2.82 bits per heavy atom. The Balaban J connectivity index is 2.08. The predicted molar refractivity (Wildman–Crippen MR) is 59.6 cm³/mol. The number of ether oxygens (including phenoxy) is 1. The molecule has 2 N–H and O–H groups in total. The lowest BCUT2D eigenvalue weighted by molar-refractivity contribution is -0.122. The summed E-state index contributed by atoms with van der Waals surface area (Å²) in [6, 6.07) is 7.41. The number of aliphatic hydroxyl groups excluding tert-OH is 2. The maximum atomic E-state index is 11.8. The molecule has 1 unspecified atom stereocenters. The van der Waals surface area contributed by atoms with Crippen molar-refractivity contribution < 1.29 is 19.7 Å². The number of allylic oxidation sites excluding steroid dienone is 3. The Labute approximate surface area is 97.5 Å². The van der Waals surface area contributed by atoms with E-state index in [1.165, 1.54) is 6.08 Å². The van der Waals surface area contributed by atoms with Crippen LogP contribution in [-0.2, 0) is 11.2 Å². The van der Waals surface area contributed by atoms with E-state index >= 15 is 0 Å². The molecule has 0 fully saturated rings. The van der Waals surface area contributed by atoms with Gasteiger partial charge in [0.2, 0.25) is 11.5 Å². The number of para-hydroxylation sites is 1. The first-order chi connectivity index (χ1) is 8.16. The monoisotopic (exact) mass is 230 g/mol. The van der Waals surface area contributed by atoms with Crippen LogP contribution < -0.4 is 4.74 Å². The molecule has 1 aromatic rings. The van der Waals surface area contributed by atoms with E-state index in [4.69, 9.17) is 4.74 Å². The highest BCUT2D eigenvalue weighted by Crippen LogP contribution is 2.36. The van der Waals surface area contributed by atoms with Crippen LogP contribution in [-0.4, -0.2) is 16.0 Å². The summed E-state index contributed by atoms with van der Waals surface area (Å²) in [5.41, 5.74) is 0.928. The van der Waals surface area contributed by atoms with Crippen LogP contribution in [0.4, 0.5) is 0 Å². The lowest BCUT2D eigenvalue weighted by atomic mass is 9.86. The standard InChI is InChI=1S/C13H10O4/c14-9-6-11-8(12(15)13(9)16)5-7-3-1-2-4-10(7)17-11/h1-4,6,8,14,16H,5H2. The van der Waals surface area contributed by atoms with Gasteiger partial charge in [-0.3, -0.25) is 4.79 Å². The van der Waals surface area contributed by atoms with Gasteiger partial charge in [0.25, 0.3) is 0 Å². The lowest BCUT2D eigenvalue weighted by Crippen LogP contribution is -2.30. The molecular formula is C13H10O4. The molecule has 1 heterocycles. The van der Waals surface area contributed by atoms with Gasteiger partial charge in [-0.15, -0.1) is 0 Å². The molecule has 0 saturated heterocycles. The van der Waals surface area contributed by atoms with Crippen molar-refractivity contribution in [2.75, 3.05) is 0 Å². The number of hydrogen-bond donors (Lipinski definition) is 2. The number of rotatable bonds is 0. The van der Waals surface area contributed by atoms with Crippen LogP contribution in [0.1, 0.15) is 5.56 Å². The average Bonchev–Trinajstić information content (AvgIpc) is 2.34. The number of benzene rings is 1. The van der Waals surface area contributed by atoms with Crippen molar-refractivity contribution in [3.05, 3.63) is 53.2 Å². The Bertz CT molecular complexity index is 569. The zero-order chi connectivity index (χ0) is 12.0. The Kier molecular flexibility index (Phi) is 1.98. The molecule has 3 rings (SSSR count). The minimum Gasteiger partial charge on any atom is -0.504 e. The molecule has 4 heteroatoms. The van der Waals surface area contributed by atoms with E-state index in [2.05, 4.69) is 0 Å². The zero-order valence-electron chi connectivity index (χ0n) is 8.88. The van der Waals surface area contributed by atoms with Crippen molar-refractivity contribution in [2.45, 2.75) is 6.42 Å². The van der Waals surface area contributed by atoms with Gasteiger partial charge in [-0.2, -0.15) is 0 Å². The minimum absolute atomic E-state index is 0.393. The molecular weight excluding hydrogens is 220 g/mol. The van der Waals surface area contributed by atoms with Crippen LogP contribution in [0.5, 0.6) is 5.75 Å². The first-order valence-electron chi connectivity index (χ1n) is 5.30. The molecule has 0 bridgehead atoms. The van der Waals surface area contributed by atoms with Crippen molar-refractivity contribution in [1.29, 1.82) is 0 Å². The van der Waals surface area contributed by atoms with Gasteiger partial charge in [0.15, 0.2) is 5.76 Å². The van der Waals surface area contributed by atoms with Crippen LogP contribution in [0.3, 0.4) is 0 Å². The summed E-state index contributed by atoms with van der Waals surface area (Å²) >= 11 is 0. The van der Waals surface area contributed by atoms with E-state index in [0.29, 0.717) is 17.9 Å². The molecule has 17 heavy (non-hydrogen) atoms. The Morgan fingerprint density at radius 1 is 1.24 bits per heavy atom. The molecule has 1 aromatic carbocycles. The molecule has 2 aliphatic rings. The van der Waals surface area contributed by atoms with Crippen LogP contribution in [0.15, 0.2) is 47.6 Å². The maximum absolute atomic E-state index is 11.8.